The molecule has 4 heteroatoms. The first kappa shape index (κ1) is 16.8. The Morgan fingerprint density at radius 3 is 2.00 bits per heavy atom. The van der Waals surface area contributed by atoms with Crippen LogP contribution in [0.5, 0.6) is 11.6 Å². The van der Waals surface area contributed by atoms with Crippen molar-refractivity contribution in [2.24, 2.45) is 0 Å². The van der Waals surface area contributed by atoms with Gasteiger partial charge in [0.25, 0.3) is 0 Å². The maximum absolute atomic E-state index is 6.36. The molecule has 0 N–H and O–H groups in total. The lowest BCUT2D eigenvalue weighted by atomic mass is 9.88. The van der Waals surface area contributed by atoms with Gasteiger partial charge < -0.3 is 4.74 Å². The quantitative estimate of drug-likeness (QED) is 0.690. The number of hydrogen-bond donors (Lipinski definition) is 0. The third kappa shape index (κ3) is 3.41. The smallest absolute Gasteiger partial charge is 0.227 e. The summed E-state index contributed by atoms with van der Waals surface area (Å²) < 4.78 is 6.18. The fourth-order valence-electron chi connectivity index (χ4n) is 2.64. The summed E-state index contributed by atoms with van der Waals surface area (Å²) >= 11 is 6.36. The minimum absolute atomic E-state index is 0.202. The molecular formula is C18H23ClN2O. The summed E-state index contributed by atoms with van der Waals surface area (Å²) in [6.07, 6.45) is 0. The van der Waals surface area contributed by atoms with Crippen molar-refractivity contribution in [2.45, 2.75) is 53.9 Å². The molecule has 118 valence electrons. The van der Waals surface area contributed by atoms with E-state index in [4.69, 9.17) is 16.3 Å². The molecule has 0 radical (unpaired) electrons. The first-order chi connectivity index (χ1) is 10.1. The van der Waals surface area contributed by atoms with E-state index < -0.39 is 0 Å². The topological polar surface area (TPSA) is 35.0 Å². The Bertz CT molecular complexity index is 695. The lowest BCUT2D eigenvalue weighted by molar-refractivity contribution is 0.427. The summed E-state index contributed by atoms with van der Waals surface area (Å²) in [5, 5.41) is 0.456. The van der Waals surface area contributed by atoms with Crippen molar-refractivity contribution in [3.8, 4) is 11.6 Å². The van der Waals surface area contributed by atoms with Gasteiger partial charge in [0.05, 0.1) is 5.56 Å². The number of rotatable bonds is 2. The van der Waals surface area contributed by atoms with Crippen LogP contribution in [0.15, 0.2) is 12.1 Å². The predicted octanol–water partition coefficient (Wildman–Crippen LogP) is 5.45. The Kier molecular flexibility index (Phi) is 4.48. The van der Waals surface area contributed by atoms with Crippen LogP contribution in [0.25, 0.3) is 0 Å². The maximum Gasteiger partial charge on any atom is 0.227 e. The summed E-state index contributed by atoms with van der Waals surface area (Å²) in [6, 6.07) is 4.21. The van der Waals surface area contributed by atoms with Crippen LogP contribution in [0.3, 0.4) is 0 Å². The number of hydrogen-bond acceptors (Lipinski definition) is 3. The van der Waals surface area contributed by atoms with Crippen LogP contribution in [0.4, 0.5) is 0 Å². The minimum atomic E-state index is -0.202. The lowest BCUT2D eigenvalue weighted by Gasteiger charge is -2.23. The summed E-state index contributed by atoms with van der Waals surface area (Å²) in [7, 11) is 0. The first-order valence-corrected chi connectivity index (χ1v) is 7.77. The Morgan fingerprint density at radius 1 is 0.955 bits per heavy atom. The largest absolute Gasteiger partial charge is 0.438 e. The zero-order valence-corrected chi connectivity index (χ0v) is 15.1. The van der Waals surface area contributed by atoms with Crippen molar-refractivity contribution in [1.82, 2.24) is 9.97 Å². The third-order valence-electron chi connectivity index (χ3n) is 3.50. The van der Waals surface area contributed by atoms with Crippen LogP contribution in [-0.2, 0) is 5.41 Å². The first-order valence-electron chi connectivity index (χ1n) is 7.40. The second kappa shape index (κ2) is 5.88. The fraction of sp³-hybridized carbons (Fsp3) is 0.444. The third-order valence-corrected chi connectivity index (χ3v) is 3.77. The Labute approximate surface area is 137 Å². The molecule has 1 heterocycles. The van der Waals surface area contributed by atoms with E-state index in [2.05, 4.69) is 49.8 Å². The summed E-state index contributed by atoms with van der Waals surface area (Å²) in [6.45, 7) is 14.2. The summed E-state index contributed by atoms with van der Waals surface area (Å²) in [5.41, 5.74) is 4.02. The highest BCUT2D eigenvalue weighted by molar-refractivity contribution is 6.30. The van der Waals surface area contributed by atoms with Crippen LogP contribution in [0.2, 0.25) is 5.15 Å². The molecule has 0 aliphatic carbocycles. The molecule has 0 aliphatic rings. The summed E-state index contributed by atoms with van der Waals surface area (Å²) in [5.74, 6) is 1.99. The van der Waals surface area contributed by atoms with E-state index in [1.807, 2.05) is 20.8 Å². The van der Waals surface area contributed by atoms with Crippen LogP contribution < -0.4 is 4.74 Å². The molecule has 2 rings (SSSR count). The SMILES string of the molecule is Cc1cc(C)c(Oc2nc(C)nc(Cl)c2C(C)(C)C)c(C)c1. The second-order valence-corrected chi connectivity index (χ2v) is 7.18. The molecule has 0 saturated heterocycles. The fourth-order valence-corrected chi connectivity index (χ4v) is 3.13. The molecule has 1 aromatic carbocycles. The molecule has 0 aliphatic heterocycles. The van der Waals surface area contributed by atoms with Crippen LogP contribution in [0, 0.1) is 27.7 Å². The van der Waals surface area contributed by atoms with Gasteiger partial charge in [0, 0.05) is 0 Å². The molecule has 0 amide bonds. The predicted molar refractivity (Wildman–Crippen MR) is 91.2 cm³/mol. The number of nitrogens with zero attached hydrogens (tertiary/aromatic N) is 2. The minimum Gasteiger partial charge on any atom is -0.438 e. The molecule has 0 atom stereocenters. The molecule has 3 nitrogen and oxygen atoms in total. The van der Waals surface area contributed by atoms with Gasteiger partial charge in [-0.05, 0) is 44.2 Å². The van der Waals surface area contributed by atoms with Crippen molar-refractivity contribution in [3.05, 3.63) is 45.4 Å². The number of aromatic nitrogens is 2. The highest BCUT2D eigenvalue weighted by Crippen LogP contribution is 2.38. The zero-order chi connectivity index (χ0) is 16.7. The maximum atomic E-state index is 6.36. The highest BCUT2D eigenvalue weighted by Gasteiger charge is 2.26. The van der Waals surface area contributed by atoms with Crippen molar-refractivity contribution in [1.29, 1.82) is 0 Å². The van der Waals surface area contributed by atoms with Crippen LogP contribution in [0.1, 0.15) is 48.8 Å². The van der Waals surface area contributed by atoms with Crippen molar-refractivity contribution >= 4 is 11.6 Å². The molecule has 22 heavy (non-hydrogen) atoms. The Hall–Kier alpha value is -1.61. The number of halogens is 1. The lowest BCUT2D eigenvalue weighted by Crippen LogP contribution is -2.16. The molecule has 1 aromatic heterocycles. The zero-order valence-electron chi connectivity index (χ0n) is 14.3. The molecule has 0 unspecified atom stereocenters. The van der Waals surface area contributed by atoms with Gasteiger partial charge in [-0.15, -0.1) is 0 Å². The van der Waals surface area contributed by atoms with E-state index in [0.29, 0.717) is 16.9 Å². The van der Waals surface area contributed by atoms with Gasteiger partial charge in [0.1, 0.15) is 16.7 Å². The van der Waals surface area contributed by atoms with Gasteiger partial charge in [-0.1, -0.05) is 50.1 Å². The Balaban J connectivity index is 2.60. The van der Waals surface area contributed by atoms with E-state index in [0.717, 1.165) is 22.4 Å². The van der Waals surface area contributed by atoms with E-state index in [9.17, 15) is 0 Å². The Morgan fingerprint density at radius 2 is 1.50 bits per heavy atom. The van der Waals surface area contributed by atoms with Crippen LogP contribution >= 0.6 is 11.6 Å². The van der Waals surface area contributed by atoms with E-state index in [1.165, 1.54) is 5.56 Å². The average Bonchev–Trinajstić information content (AvgIpc) is 2.30. The molecule has 0 fully saturated rings. The molecule has 0 bridgehead atoms. The van der Waals surface area contributed by atoms with E-state index in [1.54, 1.807) is 0 Å². The average molecular weight is 319 g/mol. The number of benzene rings is 1. The van der Waals surface area contributed by atoms with Gasteiger partial charge in [-0.25, -0.2) is 4.98 Å². The van der Waals surface area contributed by atoms with E-state index in [-0.39, 0.29) is 5.41 Å². The summed E-state index contributed by atoms with van der Waals surface area (Å²) in [4.78, 5) is 8.76. The standard InChI is InChI=1S/C18H23ClN2O/c1-10-8-11(2)15(12(3)9-10)22-17-14(18(5,6)7)16(19)20-13(4)21-17/h8-9H,1-7H3. The number of aryl methyl sites for hydroxylation is 4. The van der Waals surface area contributed by atoms with Crippen molar-refractivity contribution in [2.75, 3.05) is 0 Å². The molecule has 0 saturated carbocycles. The highest BCUT2D eigenvalue weighted by atomic mass is 35.5. The monoisotopic (exact) mass is 318 g/mol. The second-order valence-electron chi connectivity index (χ2n) is 6.82. The van der Waals surface area contributed by atoms with Crippen molar-refractivity contribution in [3.63, 3.8) is 0 Å². The van der Waals surface area contributed by atoms with Crippen LogP contribution in [-0.4, -0.2) is 9.97 Å². The van der Waals surface area contributed by atoms with E-state index >= 15 is 0 Å². The van der Waals surface area contributed by atoms with Gasteiger partial charge >= 0.3 is 0 Å². The van der Waals surface area contributed by atoms with Crippen molar-refractivity contribution < 1.29 is 4.74 Å². The molecular weight excluding hydrogens is 296 g/mol. The normalized spacial score (nSPS) is 11.6. The number of ether oxygens (including phenoxy) is 1. The van der Waals surface area contributed by atoms with Gasteiger partial charge in [0.2, 0.25) is 5.88 Å². The van der Waals surface area contributed by atoms with Gasteiger partial charge in [0.15, 0.2) is 0 Å². The molecule has 2 aromatic rings. The van der Waals surface area contributed by atoms with Gasteiger partial charge in [-0.2, -0.15) is 4.98 Å². The molecule has 0 spiro atoms. The van der Waals surface area contributed by atoms with Gasteiger partial charge in [-0.3, -0.25) is 0 Å².